The van der Waals surface area contributed by atoms with E-state index >= 15 is 0 Å². The van der Waals surface area contributed by atoms with Crippen molar-refractivity contribution in [2.24, 2.45) is 14.1 Å². The van der Waals surface area contributed by atoms with Gasteiger partial charge in [-0.15, -0.1) is 0 Å². The largest absolute Gasteiger partial charge is 0.344 e. The quantitative estimate of drug-likeness (QED) is 0.697. The molecule has 5 rings (SSSR count). The monoisotopic (exact) mass is 387 g/mol. The average Bonchev–Trinajstić information content (AvgIpc) is 2.74. The minimum Gasteiger partial charge on any atom is -0.344 e. The van der Waals surface area contributed by atoms with Gasteiger partial charge >= 0.3 is 5.69 Å². The van der Waals surface area contributed by atoms with Gasteiger partial charge in [-0.25, -0.2) is 4.79 Å². The molecule has 3 aromatic rings. The van der Waals surface area contributed by atoms with Crippen molar-refractivity contribution >= 4 is 22.4 Å². The SMILES string of the molecule is Cn1c2c(c(=O)n(C)c1=O)C(c1cccc3ccccc13)C1=C(CCCC1=O)N2. The van der Waals surface area contributed by atoms with E-state index in [0.29, 0.717) is 23.4 Å². The van der Waals surface area contributed by atoms with Crippen molar-refractivity contribution in [2.45, 2.75) is 25.2 Å². The minimum absolute atomic E-state index is 0.0678. The van der Waals surface area contributed by atoms with Gasteiger partial charge in [-0.05, 0) is 29.2 Å². The fraction of sp³-hybridized carbons (Fsp3) is 0.261. The van der Waals surface area contributed by atoms with Crippen molar-refractivity contribution in [3.05, 3.63) is 85.7 Å². The Kier molecular flexibility index (Phi) is 3.84. The van der Waals surface area contributed by atoms with Gasteiger partial charge in [0.1, 0.15) is 5.82 Å². The van der Waals surface area contributed by atoms with Crippen molar-refractivity contribution in [3.8, 4) is 0 Å². The number of hydrogen-bond donors (Lipinski definition) is 1. The van der Waals surface area contributed by atoms with Gasteiger partial charge in [0.15, 0.2) is 5.78 Å². The van der Waals surface area contributed by atoms with Gasteiger partial charge in [0.25, 0.3) is 5.56 Å². The molecule has 0 fully saturated rings. The molecule has 6 heteroatoms. The molecule has 0 spiro atoms. The van der Waals surface area contributed by atoms with Crippen LogP contribution in [0, 0.1) is 0 Å². The van der Waals surface area contributed by atoms with Crippen LogP contribution in [0.1, 0.15) is 36.3 Å². The lowest BCUT2D eigenvalue weighted by Gasteiger charge is -2.34. The molecule has 0 saturated heterocycles. The Balaban J connectivity index is 1.93. The van der Waals surface area contributed by atoms with E-state index in [0.717, 1.165) is 39.4 Å². The van der Waals surface area contributed by atoms with E-state index in [9.17, 15) is 14.4 Å². The number of rotatable bonds is 1. The smallest absolute Gasteiger partial charge is 0.332 e. The number of anilines is 1. The van der Waals surface area contributed by atoms with Crippen LogP contribution in [0.3, 0.4) is 0 Å². The normalized spacial score (nSPS) is 18.4. The molecule has 0 saturated carbocycles. The first kappa shape index (κ1) is 17.7. The van der Waals surface area contributed by atoms with Crippen LogP contribution in [-0.4, -0.2) is 14.9 Å². The summed E-state index contributed by atoms with van der Waals surface area (Å²) in [5, 5.41) is 5.32. The lowest BCUT2D eigenvalue weighted by Crippen LogP contribution is -2.44. The standard InChI is InChI=1S/C23H21N3O3/c1-25-21-20(22(28)26(2)23(25)29)18(19-16(24-21)11-6-12-17(19)27)15-10-5-8-13-7-3-4-9-14(13)15/h3-5,7-10,18,24H,6,11-12H2,1-2H3. The molecule has 0 radical (unpaired) electrons. The third-order valence-corrected chi connectivity index (χ3v) is 6.14. The molecule has 1 aliphatic heterocycles. The summed E-state index contributed by atoms with van der Waals surface area (Å²) in [6.07, 6.45) is 1.97. The lowest BCUT2D eigenvalue weighted by molar-refractivity contribution is -0.116. The van der Waals surface area contributed by atoms with Gasteiger partial charge in [-0.2, -0.15) is 0 Å². The fourth-order valence-electron chi connectivity index (χ4n) is 4.71. The van der Waals surface area contributed by atoms with E-state index in [1.54, 1.807) is 7.05 Å². The molecule has 1 N–H and O–H groups in total. The van der Waals surface area contributed by atoms with E-state index < -0.39 is 5.92 Å². The van der Waals surface area contributed by atoms with E-state index in [-0.39, 0.29) is 17.0 Å². The molecule has 0 amide bonds. The molecule has 146 valence electrons. The van der Waals surface area contributed by atoms with E-state index in [1.807, 2.05) is 42.5 Å². The third-order valence-electron chi connectivity index (χ3n) is 6.14. The zero-order valence-corrected chi connectivity index (χ0v) is 16.4. The first-order chi connectivity index (χ1) is 14.0. The Morgan fingerprint density at radius 3 is 2.52 bits per heavy atom. The number of ketones is 1. The maximum Gasteiger partial charge on any atom is 0.332 e. The minimum atomic E-state index is -0.495. The van der Waals surface area contributed by atoms with Crippen molar-refractivity contribution < 1.29 is 4.79 Å². The van der Waals surface area contributed by atoms with Crippen molar-refractivity contribution in [1.29, 1.82) is 0 Å². The summed E-state index contributed by atoms with van der Waals surface area (Å²) < 4.78 is 2.59. The highest BCUT2D eigenvalue weighted by Gasteiger charge is 2.39. The Morgan fingerprint density at radius 1 is 0.931 bits per heavy atom. The molecule has 0 bridgehead atoms. The van der Waals surface area contributed by atoms with Gasteiger partial charge < -0.3 is 5.32 Å². The van der Waals surface area contributed by atoms with E-state index in [2.05, 4.69) is 5.32 Å². The highest BCUT2D eigenvalue weighted by Crippen LogP contribution is 2.45. The van der Waals surface area contributed by atoms with Crippen LogP contribution in [0.4, 0.5) is 5.82 Å². The molecule has 2 heterocycles. The molecule has 2 aliphatic rings. The maximum absolute atomic E-state index is 13.3. The number of allylic oxidation sites excluding steroid dienone is 2. The van der Waals surface area contributed by atoms with Gasteiger partial charge in [0.05, 0.1) is 5.56 Å². The first-order valence-corrected chi connectivity index (χ1v) is 9.80. The number of fused-ring (bicyclic) bond motifs is 2. The fourth-order valence-corrected chi connectivity index (χ4v) is 4.71. The molecule has 29 heavy (non-hydrogen) atoms. The molecule has 1 aliphatic carbocycles. The summed E-state index contributed by atoms with van der Waals surface area (Å²) in [4.78, 5) is 38.8. The van der Waals surface area contributed by atoms with Crippen LogP contribution in [-0.2, 0) is 18.9 Å². The highest BCUT2D eigenvalue weighted by atomic mass is 16.2. The van der Waals surface area contributed by atoms with Gasteiger partial charge in [-0.1, -0.05) is 42.5 Å². The number of carbonyl (C=O) groups is 1. The molecule has 1 unspecified atom stereocenters. The van der Waals surface area contributed by atoms with Gasteiger partial charge in [0.2, 0.25) is 0 Å². The summed E-state index contributed by atoms with van der Waals surface area (Å²) in [5.74, 6) is 0.0633. The lowest BCUT2D eigenvalue weighted by atomic mass is 9.75. The van der Waals surface area contributed by atoms with Gasteiger partial charge in [0, 0.05) is 37.7 Å². The molecule has 6 nitrogen and oxygen atoms in total. The second-order valence-corrected chi connectivity index (χ2v) is 7.76. The molecular weight excluding hydrogens is 366 g/mol. The number of aromatic nitrogens is 2. The Morgan fingerprint density at radius 2 is 1.69 bits per heavy atom. The number of nitrogens with one attached hydrogen (secondary N) is 1. The van der Waals surface area contributed by atoms with Crippen LogP contribution in [0.15, 0.2) is 63.3 Å². The molecule has 2 aromatic carbocycles. The van der Waals surface area contributed by atoms with Crippen LogP contribution >= 0.6 is 0 Å². The predicted octanol–water partition coefficient (Wildman–Crippen LogP) is 2.80. The number of benzene rings is 2. The Labute approximate surface area is 167 Å². The number of hydrogen-bond acceptors (Lipinski definition) is 4. The molecule has 1 atom stereocenters. The number of carbonyl (C=O) groups excluding carboxylic acids is 1. The van der Waals surface area contributed by atoms with Crippen LogP contribution < -0.4 is 16.6 Å². The zero-order chi connectivity index (χ0) is 20.3. The maximum atomic E-state index is 13.3. The zero-order valence-electron chi connectivity index (χ0n) is 16.4. The summed E-state index contributed by atoms with van der Waals surface area (Å²) in [5.41, 5.74) is 2.12. The highest BCUT2D eigenvalue weighted by molar-refractivity contribution is 6.02. The Bertz CT molecular complexity index is 1340. The van der Waals surface area contributed by atoms with Crippen LogP contribution in [0.25, 0.3) is 10.8 Å². The van der Waals surface area contributed by atoms with Crippen LogP contribution in [0.2, 0.25) is 0 Å². The molecule has 1 aromatic heterocycles. The van der Waals surface area contributed by atoms with Crippen LogP contribution in [0.5, 0.6) is 0 Å². The second kappa shape index (κ2) is 6.30. The molecular formula is C23H21N3O3. The average molecular weight is 387 g/mol. The van der Waals surface area contributed by atoms with E-state index in [4.69, 9.17) is 0 Å². The van der Waals surface area contributed by atoms with Crippen molar-refractivity contribution in [3.63, 3.8) is 0 Å². The second-order valence-electron chi connectivity index (χ2n) is 7.76. The van der Waals surface area contributed by atoms with Gasteiger partial charge in [-0.3, -0.25) is 18.7 Å². The van der Waals surface area contributed by atoms with Crippen molar-refractivity contribution in [1.82, 2.24) is 9.13 Å². The first-order valence-electron chi connectivity index (χ1n) is 9.80. The number of nitrogens with zero attached hydrogens (tertiary/aromatic N) is 2. The summed E-state index contributed by atoms with van der Waals surface area (Å²) in [7, 11) is 3.14. The van der Waals surface area contributed by atoms with E-state index in [1.165, 1.54) is 11.6 Å². The summed E-state index contributed by atoms with van der Waals surface area (Å²) >= 11 is 0. The van der Waals surface area contributed by atoms with Crippen molar-refractivity contribution in [2.75, 3.05) is 5.32 Å². The Hall–Kier alpha value is -3.41. The third kappa shape index (κ3) is 2.45. The summed E-state index contributed by atoms with van der Waals surface area (Å²) in [6, 6.07) is 14.0. The summed E-state index contributed by atoms with van der Waals surface area (Å²) in [6.45, 7) is 0. The predicted molar refractivity (Wildman–Crippen MR) is 112 cm³/mol. The number of Topliss-reactive ketones (excluding diaryl/α,β-unsaturated/α-hetero) is 1. The topological polar surface area (TPSA) is 73.1 Å².